The highest BCUT2D eigenvalue weighted by atomic mass is 14.2. The fourth-order valence-electron chi connectivity index (χ4n) is 15.0. The van der Waals surface area contributed by atoms with E-state index in [2.05, 4.69) is 544 Å². The van der Waals surface area contributed by atoms with Gasteiger partial charge in [0.15, 0.2) is 0 Å². The Bertz CT molecular complexity index is 6180. The van der Waals surface area contributed by atoms with Crippen molar-refractivity contribution in [3.63, 3.8) is 0 Å². The number of aryl methyl sites for hydroxylation is 6. The van der Waals surface area contributed by atoms with Crippen molar-refractivity contribution in [1.82, 2.24) is 0 Å². The van der Waals surface area contributed by atoms with Crippen LogP contribution in [0.3, 0.4) is 0 Å². The molecule has 0 atom stereocenters. The van der Waals surface area contributed by atoms with Crippen LogP contribution in [0, 0.1) is 41.5 Å². The summed E-state index contributed by atoms with van der Waals surface area (Å²) in [6.07, 6.45) is 0. The normalized spacial score (nSPS) is 10.8. The first-order valence-corrected chi connectivity index (χ1v) is 42.7. The molecule has 600 valence electrons. The fraction of sp³-hybridized carbons (Fsp3) is 0.115. The molecule has 0 N–H and O–H groups in total. The molecular weight excluding hydrogens is 1470 g/mol. The van der Waals surface area contributed by atoms with Crippen LogP contribution < -0.4 is 0 Å². The van der Waals surface area contributed by atoms with Gasteiger partial charge in [0, 0.05) is 0 Å². The lowest BCUT2D eigenvalue weighted by Gasteiger charge is -2.19. The Balaban J connectivity index is 0.000000127. The van der Waals surface area contributed by atoms with Crippen LogP contribution in [-0.2, 0) is 10.8 Å². The molecule has 0 aliphatic heterocycles. The van der Waals surface area contributed by atoms with Crippen LogP contribution in [0.5, 0.6) is 0 Å². The van der Waals surface area contributed by atoms with Gasteiger partial charge in [-0.05, 0) is 233 Å². The van der Waals surface area contributed by atoms with Crippen molar-refractivity contribution >= 4 is 0 Å². The van der Waals surface area contributed by atoms with Crippen molar-refractivity contribution < 1.29 is 0 Å². The minimum atomic E-state index is 0.227. The molecule has 0 saturated heterocycles. The predicted octanol–water partition coefficient (Wildman–Crippen LogP) is 34.6. The van der Waals surface area contributed by atoms with Gasteiger partial charge in [-0.2, -0.15) is 0 Å². The van der Waals surface area contributed by atoms with Crippen LogP contribution in [-0.4, -0.2) is 0 Å². The first kappa shape index (κ1) is 85.8. The molecule has 0 spiro atoms. The van der Waals surface area contributed by atoms with Crippen LogP contribution in [0.2, 0.25) is 0 Å². The summed E-state index contributed by atoms with van der Waals surface area (Å²) in [7, 11) is 0. The van der Waals surface area contributed by atoms with Gasteiger partial charge in [0.1, 0.15) is 0 Å². The van der Waals surface area contributed by atoms with Gasteiger partial charge in [-0.1, -0.05) is 500 Å². The summed E-state index contributed by atoms with van der Waals surface area (Å²) in [4.78, 5) is 0. The van der Waals surface area contributed by atoms with Crippen LogP contribution in [0.1, 0.15) is 86.1 Å². The second-order valence-corrected chi connectivity index (χ2v) is 33.7. The molecule has 18 rings (SSSR count). The maximum absolute atomic E-state index is 2.31. The van der Waals surface area contributed by atoms with Crippen molar-refractivity contribution in [3.8, 4) is 134 Å². The van der Waals surface area contributed by atoms with E-state index in [0.29, 0.717) is 0 Å². The molecule has 18 aromatic rings. The minimum Gasteiger partial charge on any atom is -0.0622 e. The van der Waals surface area contributed by atoms with Crippen molar-refractivity contribution in [2.45, 2.75) is 93.9 Å². The van der Waals surface area contributed by atoms with Gasteiger partial charge in [-0.15, -0.1) is 0 Å². The summed E-state index contributed by atoms with van der Waals surface area (Å²) in [6, 6.07) is 164. The Kier molecular flexibility index (Phi) is 29.2. The third-order valence-corrected chi connectivity index (χ3v) is 22.1. The molecule has 0 bridgehead atoms. The fourth-order valence-corrected chi connectivity index (χ4v) is 15.0. The Hall–Kier alpha value is -14.0. The Morgan fingerprint density at radius 2 is 0.336 bits per heavy atom. The molecule has 0 nitrogen and oxygen atoms in total. The second kappa shape index (κ2) is 41.6. The third kappa shape index (κ3) is 23.9. The van der Waals surface area contributed by atoms with Crippen LogP contribution in [0.4, 0.5) is 0 Å². The van der Waals surface area contributed by atoms with E-state index in [-0.39, 0.29) is 10.8 Å². The van der Waals surface area contributed by atoms with E-state index >= 15 is 0 Å². The molecule has 0 heterocycles. The molecule has 0 fully saturated rings. The van der Waals surface area contributed by atoms with E-state index in [0.717, 1.165) is 0 Å². The van der Waals surface area contributed by atoms with Crippen LogP contribution in [0.15, 0.2) is 461 Å². The number of rotatable bonds is 12. The highest BCUT2D eigenvalue weighted by Crippen LogP contribution is 2.39. The summed E-state index contributed by atoms with van der Waals surface area (Å²) >= 11 is 0. The highest BCUT2D eigenvalue weighted by Gasteiger charge is 2.17. The molecule has 0 heteroatoms. The van der Waals surface area contributed by atoms with Crippen molar-refractivity contribution in [3.05, 3.63) is 506 Å². The van der Waals surface area contributed by atoms with Crippen LogP contribution in [0.25, 0.3) is 134 Å². The van der Waals surface area contributed by atoms with E-state index in [1.807, 2.05) is 0 Å². The van der Waals surface area contributed by atoms with Crippen LogP contribution >= 0.6 is 0 Å². The minimum absolute atomic E-state index is 0.227. The lowest BCUT2D eigenvalue weighted by atomic mass is 9.86. The number of hydrogen-bond acceptors (Lipinski definition) is 0. The van der Waals surface area contributed by atoms with Gasteiger partial charge < -0.3 is 0 Å². The average molecular weight is 1580 g/mol. The Labute approximate surface area is 728 Å². The van der Waals surface area contributed by atoms with E-state index in [1.165, 1.54) is 178 Å². The third-order valence-electron chi connectivity index (χ3n) is 22.1. The molecule has 0 aliphatic carbocycles. The SMILES string of the molecule is Cc1ccc(-c2cc(-c3ccccc3)cc(-c3ccccc3)c2)cc1.Cc1ccc(-c2ccc(-c3ccccc3)c(-c3ccccc3)c2)cc1.Cc1ccc(-c2ccc(C(C)(C)C)cc2)cc1.Cc1ccc(-c2ccccc2)c(-c2ccccc2)c1.Cc1ccc(-c2ccccc2)cc1-c1ccccc1.Cc1cccc(-c2ccc(C(C)(C)C)cc2)c1. The van der Waals surface area contributed by atoms with Gasteiger partial charge in [0.05, 0.1) is 0 Å². The first-order valence-electron chi connectivity index (χ1n) is 42.7. The van der Waals surface area contributed by atoms with Crippen molar-refractivity contribution in [1.29, 1.82) is 0 Å². The summed E-state index contributed by atoms with van der Waals surface area (Å²) in [5, 5.41) is 0. The topological polar surface area (TPSA) is 0 Å². The van der Waals surface area contributed by atoms with Gasteiger partial charge in [-0.25, -0.2) is 0 Å². The zero-order chi connectivity index (χ0) is 85.2. The maximum atomic E-state index is 2.31. The predicted molar refractivity (Wildman–Crippen MR) is 530 cm³/mol. The maximum Gasteiger partial charge on any atom is -0.00992 e. The standard InChI is InChI=1S/2C25H20.2C19H16.2C17H20/c1-19-12-14-22(15-13-19)25-17-23(20-8-4-2-5-9-20)16-24(18-25)21-10-6-3-7-11-21;1-19-12-14-20(15-13-19)23-16-17-24(21-8-4-2-5-9-21)25(18-23)22-10-6-3-7-11-22;1-15-12-13-18(16-8-4-2-5-9-16)14-19(15)17-10-6-3-7-11-17;1-15-12-13-18(16-8-4-2-5-9-16)19(14-15)17-10-6-3-7-11-17;1-13-5-7-14(8-6-13)15-9-11-16(12-10-15)17(2,3)4;1-13-6-5-7-15(12-13)14-8-10-16(11-9-14)17(2,3)4/h2*2-18H,1H3;2*2-14H,1H3;2*5-12H,1-4H3. The molecule has 122 heavy (non-hydrogen) atoms. The summed E-state index contributed by atoms with van der Waals surface area (Å²) in [5.41, 5.74) is 41.4. The summed E-state index contributed by atoms with van der Waals surface area (Å²) in [6.45, 7) is 26.3. The molecule has 0 unspecified atom stereocenters. The van der Waals surface area contributed by atoms with Crippen molar-refractivity contribution in [2.24, 2.45) is 0 Å². The van der Waals surface area contributed by atoms with Gasteiger partial charge >= 0.3 is 0 Å². The average Bonchev–Trinajstić information content (AvgIpc) is 0.832. The smallest absolute Gasteiger partial charge is 0.00992 e. The second-order valence-electron chi connectivity index (χ2n) is 33.7. The lowest BCUT2D eigenvalue weighted by molar-refractivity contribution is 0.590. The molecular formula is C122H112. The molecule has 0 amide bonds. The molecule has 0 aromatic heterocycles. The molecule has 0 aliphatic rings. The van der Waals surface area contributed by atoms with Crippen molar-refractivity contribution in [2.75, 3.05) is 0 Å². The molecule has 0 saturated carbocycles. The lowest BCUT2D eigenvalue weighted by Crippen LogP contribution is -2.10. The highest BCUT2D eigenvalue weighted by molar-refractivity contribution is 5.88. The zero-order valence-corrected chi connectivity index (χ0v) is 72.9. The quantitative estimate of drug-likeness (QED) is 0.114. The summed E-state index contributed by atoms with van der Waals surface area (Å²) < 4.78 is 0. The largest absolute Gasteiger partial charge is 0.0622 e. The zero-order valence-electron chi connectivity index (χ0n) is 72.9. The van der Waals surface area contributed by atoms with E-state index in [4.69, 9.17) is 0 Å². The first-order chi connectivity index (χ1) is 59.2. The Morgan fingerprint density at radius 1 is 0.123 bits per heavy atom. The molecule has 18 aromatic carbocycles. The van der Waals surface area contributed by atoms with E-state index < -0.39 is 0 Å². The van der Waals surface area contributed by atoms with Gasteiger partial charge in [-0.3, -0.25) is 0 Å². The molecule has 0 radical (unpaired) electrons. The van der Waals surface area contributed by atoms with E-state index in [9.17, 15) is 0 Å². The Morgan fingerprint density at radius 3 is 0.672 bits per heavy atom. The number of hydrogen-bond donors (Lipinski definition) is 0. The van der Waals surface area contributed by atoms with Gasteiger partial charge in [0.25, 0.3) is 0 Å². The van der Waals surface area contributed by atoms with Gasteiger partial charge in [0.2, 0.25) is 0 Å². The summed E-state index contributed by atoms with van der Waals surface area (Å²) in [5.74, 6) is 0. The number of benzene rings is 18. The van der Waals surface area contributed by atoms with E-state index in [1.54, 1.807) is 0 Å². The monoisotopic (exact) mass is 1580 g/mol.